The first-order chi connectivity index (χ1) is 11.5. The highest BCUT2D eigenvalue weighted by Gasteiger charge is 2.21. The number of allylic oxidation sites excluding steroid dienone is 1. The van der Waals surface area contributed by atoms with Crippen molar-refractivity contribution in [1.82, 2.24) is 0 Å². The number of hydrogen-bond donors (Lipinski definition) is 1. The molecule has 136 valence electrons. The zero-order valence-corrected chi connectivity index (χ0v) is 16.6. The van der Waals surface area contributed by atoms with Gasteiger partial charge in [-0.05, 0) is 50.3 Å². The molecule has 24 heavy (non-hydrogen) atoms. The predicted octanol–water partition coefficient (Wildman–Crippen LogP) is 5.75. The van der Waals surface area contributed by atoms with Gasteiger partial charge in [0, 0.05) is 9.80 Å². The topological polar surface area (TPSA) is 37.3 Å². The van der Waals surface area contributed by atoms with Crippen LogP contribution in [0.25, 0.3) is 0 Å². The van der Waals surface area contributed by atoms with Crippen LogP contribution < -0.4 is 0 Å². The van der Waals surface area contributed by atoms with Crippen molar-refractivity contribution in [2.45, 2.75) is 83.6 Å². The molecule has 0 radical (unpaired) electrons. The molecule has 0 heterocycles. The summed E-state index contributed by atoms with van der Waals surface area (Å²) in [6.45, 7) is 8.49. The summed E-state index contributed by atoms with van der Waals surface area (Å²) in [7, 11) is -1.19. The smallest absolute Gasteiger partial charge is 0.0808 e. The molecule has 1 N–H and O–H groups in total. The molecule has 1 unspecified atom stereocenters. The van der Waals surface area contributed by atoms with Gasteiger partial charge in [-0.25, -0.2) is 4.21 Å². The van der Waals surface area contributed by atoms with Gasteiger partial charge in [0.2, 0.25) is 0 Å². The Morgan fingerprint density at radius 1 is 1.08 bits per heavy atom. The van der Waals surface area contributed by atoms with E-state index < -0.39 is 16.9 Å². The first-order valence-electron chi connectivity index (χ1n) is 9.41. The lowest BCUT2D eigenvalue weighted by Crippen LogP contribution is -2.13. The number of aliphatic hydroxyl groups excluding tert-OH is 1. The van der Waals surface area contributed by atoms with Crippen LogP contribution in [-0.2, 0) is 10.8 Å². The lowest BCUT2D eigenvalue weighted by molar-refractivity contribution is 0.208. The molecule has 1 aromatic carbocycles. The van der Waals surface area contributed by atoms with E-state index in [2.05, 4.69) is 20.8 Å². The fourth-order valence-electron chi connectivity index (χ4n) is 2.83. The second kappa shape index (κ2) is 11.6. The normalized spacial score (nSPS) is 16.0. The second-order valence-corrected chi connectivity index (χ2v) is 8.09. The second-order valence-electron chi connectivity index (χ2n) is 6.61. The summed E-state index contributed by atoms with van der Waals surface area (Å²) in [5.41, 5.74) is 1.17. The summed E-state index contributed by atoms with van der Waals surface area (Å²) in [4.78, 5) is 1.75. The van der Waals surface area contributed by atoms with E-state index in [4.69, 9.17) is 0 Å². The minimum absolute atomic E-state index is 0.281. The van der Waals surface area contributed by atoms with E-state index in [-0.39, 0.29) is 5.92 Å². The summed E-state index contributed by atoms with van der Waals surface area (Å²) in [6, 6.07) is 7.91. The average molecular weight is 351 g/mol. The quantitative estimate of drug-likeness (QED) is 0.551. The van der Waals surface area contributed by atoms with Crippen molar-refractivity contribution in [3.05, 3.63) is 40.8 Å². The third-order valence-electron chi connectivity index (χ3n) is 4.46. The molecule has 0 aromatic heterocycles. The van der Waals surface area contributed by atoms with Crippen LogP contribution in [0.2, 0.25) is 0 Å². The standard InChI is InChI=1S/C21H34O2S/c1-5-8-10-18(7-3)21(16-19(22)11-9-6-2)24(23)20-14-12-17(4)13-15-20/h12-16,18-19,22H,5-11H2,1-4H3/b21-16-/t18-,19-,24?/m1/s1. The highest BCUT2D eigenvalue weighted by molar-refractivity contribution is 7.89. The molecule has 3 atom stereocenters. The van der Waals surface area contributed by atoms with Crippen LogP contribution in [0.1, 0.15) is 71.3 Å². The number of aliphatic hydroxyl groups is 1. The van der Waals surface area contributed by atoms with E-state index in [1.807, 2.05) is 37.3 Å². The molecule has 0 bridgehead atoms. The van der Waals surface area contributed by atoms with Crippen molar-refractivity contribution in [2.75, 3.05) is 0 Å². The van der Waals surface area contributed by atoms with Crippen LogP contribution >= 0.6 is 0 Å². The third kappa shape index (κ3) is 6.90. The van der Waals surface area contributed by atoms with Gasteiger partial charge in [0.25, 0.3) is 0 Å². The van der Waals surface area contributed by atoms with Crippen LogP contribution in [0, 0.1) is 12.8 Å². The summed E-state index contributed by atoms with van der Waals surface area (Å²) in [6.07, 6.45) is 8.46. The number of unbranched alkanes of at least 4 members (excludes halogenated alkanes) is 2. The molecule has 0 aliphatic heterocycles. The number of rotatable bonds is 11. The minimum atomic E-state index is -1.19. The van der Waals surface area contributed by atoms with Gasteiger partial charge in [-0.3, -0.25) is 0 Å². The van der Waals surface area contributed by atoms with Crippen molar-refractivity contribution in [3.8, 4) is 0 Å². The Labute approximate surface area is 150 Å². The van der Waals surface area contributed by atoms with Gasteiger partial charge in [-0.2, -0.15) is 0 Å². The first-order valence-corrected chi connectivity index (χ1v) is 10.6. The summed E-state index contributed by atoms with van der Waals surface area (Å²) < 4.78 is 13.2. The Kier molecular flexibility index (Phi) is 10.2. The van der Waals surface area contributed by atoms with Crippen molar-refractivity contribution >= 4 is 10.8 Å². The molecule has 2 nitrogen and oxygen atoms in total. The Balaban J connectivity index is 3.07. The van der Waals surface area contributed by atoms with Crippen molar-refractivity contribution in [1.29, 1.82) is 0 Å². The Bertz CT molecular complexity index is 519. The molecule has 1 aromatic rings. The maximum Gasteiger partial charge on any atom is 0.0808 e. The van der Waals surface area contributed by atoms with Gasteiger partial charge in [-0.1, -0.05) is 64.2 Å². The summed E-state index contributed by atoms with van der Waals surface area (Å²) >= 11 is 0. The molecule has 0 spiro atoms. The fourth-order valence-corrected chi connectivity index (χ4v) is 4.35. The van der Waals surface area contributed by atoms with E-state index in [1.165, 1.54) is 5.56 Å². The zero-order chi connectivity index (χ0) is 17.9. The van der Waals surface area contributed by atoms with E-state index in [9.17, 15) is 9.32 Å². The Hall–Kier alpha value is -0.930. The zero-order valence-electron chi connectivity index (χ0n) is 15.8. The first kappa shape index (κ1) is 21.1. The monoisotopic (exact) mass is 350 g/mol. The highest BCUT2D eigenvalue weighted by Crippen LogP contribution is 2.29. The highest BCUT2D eigenvalue weighted by atomic mass is 32.2. The largest absolute Gasteiger partial charge is 0.389 e. The van der Waals surface area contributed by atoms with E-state index in [0.29, 0.717) is 0 Å². The van der Waals surface area contributed by atoms with Crippen molar-refractivity contribution in [3.63, 3.8) is 0 Å². The summed E-state index contributed by atoms with van der Waals surface area (Å²) in [5, 5.41) is 10.3. The van der Waals surface area contributed by atoms with Crippen LogP contribution in [0.3, 0.4) is 0 Å². The van der Waals surface area contributed by atoms with Crippen molar-refractivity contribution < 1.29 is 9.32 Å². The molecule has 0 aliphatic rings. The van der Waals surface area contributed by atoms with Crippen LogP contribution in [0.4, 0.5) is 0 Å². The van der Waals surface area contributed by atoms with Gasteiger partial charge in [-0.15, -0.1) is 0 Å². The molecule has 1 rings (SSSR count). The molecule has 0 aliphatic carbocycles. The van der Waals surface area contributed by atoms with Crippen LogP contribution in [-0.4, -0.2) is 15.4 Å². The van der Waals surface area contributed by atoms with Gasteiger partial charge < -0.3 is 5.11 Å². The SMILES string of the molecule is CCCC[C@@H](CC)/C(=C/[C@H](O)CCCC)S(=O)c1ccc(C)cc1. The lowest BCUT2D eigenvalue weighted by Gasteiger charge is -2.20. The third-order valence-corrected chi connectivity index (χ3v) is 6.06. The van der Waals surface area contributed by atoms with Crippen LogP contribution in [0.15, 0.2) is 40.1 Å². The molecular formula is C21H34O2S. The minimum Gasteiger partial charge on any atom is -0.389 e. The average Bonchev–Trinajstić information content (AvgIpc) is 2.59. The molecule has 0 saturated heterocycles. The Morgan fingerprint density at radius 3 is 2.21 bits per heavy atom. The van der Waals surface area contributed by atoms with Gasteiger partial charge in [0.05, 0.1) is 16.9 Å². The molecule has 0 saturated carbocycles. The maximum absolute atomic E-state index is 13.2. The van der Waals surface area contributed by atoms with Gasteiger partial charge >= 0.3 is 0 Å². The van der Waals surface area contributed by atoms with Gasteiger partial charge in [0.15, 0.2) is 0 Å². The molecule has 0 fully saturated rings. The van der Waals surface area contributed by atoms with Crippen LogP contribution in [0.5, 0.6) is 0 Å². The number of benzene rings is 1. The van der Waals surface area contributed by atoms with Gasteiger partial charge in [0.1, 0.15) is 0 Å². The summed E-state index contributed by atoms with van der Waals surface area (Å²) in [5.74, 6) is 0.281. The van der Waals surface area contributed by atoms with Crippen molar-refractivity contribution in [2.24, 2.45) is 5.92 Å². The number of aryl methyl sites for hydroxylation is 1. The fraction of sp³-hybridized carbons (Fsp3) is 0.619. The Morgan fingerprint density at radius 2 is 1.67 bits per heavy atom. The molecule has 0 amide bonds. The lowest BCUT2D eigenvalue weighted by atomic mass is 9.97. The van der Waals surface area contributed by atoms with E-state index in [1.54, 1.807) is 0 Å². The van der Waals surface area contributed by atoms with E-state index >= 15 is 0 Å². The maximum atomic E-state index is 13.2. The molecule has 3 heteroatoms. The predicted molar refractivity (Wildman–Crippen MR) is 105 cm³/mol. The number of hydrogen-bond acceptors (Lipinski definition) is 2. The molecular weight excluding hydrogens is 316 g/mol. The van der Waals surface area contributed by atoms with E-state index in [0.717, 1.165) is 54.7 Å².